The predicted octanol–water partition coefficient (Wildman–Crippen LogP) is -3.28. The van der Waals surface area contributed by atoms with Crippen LogP contribution in [-0.2, 0) is 19.2 Å². The van der Waals surface area contributed by atoms with Crippen molar-refractivity contribution >= 4 is 48.9 Å². The molecule has 0 aliphatic carbocycles. The SMILES string of the molecule is CC(O)C(NC(=O)CNC(=O)C(N)CS)C(=O)NC(CS)C(=O)O. The second-order valence-corrected chi connectivity index (χ2v) is 5.60. The lowest BCUT2D eigenvalue weighted by molar-refractivity contribution is -0.142. The minimum atomic E-state index is -1.39. The van der Waals surface area contributed by atoms with Crippen LogP contribution in [0.4, 0.5) is 0 Å². The predicted molar refractivity (Wildman–Crippen MR) is 91.9 cm³/mol. The van der Waals surface area contributed by atoms with Crippen LogP contribution < -0.4 is 21.7 Å². The van der Waals surface area contributed by atoms with Crippen LogP contribution in [0.2, 0.25) is 0 Å². The van der Waals surface area contributed by atoms with Gasteiger partial charge in [-0.05, 0) is 6.92 Å². The third-order valence-corrected chi connectivity index (χ3v) is 3.59. The zero-order valence-electron chi connectivity index (χ0n) is 12.9. The van der Waals surface area contributed by atoms with Gasteiger partial charge < -0.3 is 31.9 Å². The van der Waals surface area contributed by atoms with Gasteiger partial charge in [0.15, 0.2) is 0 Å². The number of nitrogens with one attached hydrogen (secondary N) is 3. The molecule has 4 unspecified atom stereocenters. The van der Waals surface area contributed by atoms with Crippen LogP contribution >= 0.6 is 25.3 Å². The fourth-order valence-corrected chi connectivity index (χ4v) is 1.87. The van der Waals surface area contributed by atoms with E-state index in [0.717, 1.165) is 0 Å². The van der Waals surface area contributed by atoms with Gasteiger partial charge in [0.25, 0.3) is 0 Å². The second-order valence-electron chi connectivity index (χ2n) is 4.87. The van der Waals surface area contributed by atoms with Gasteiger partial charge in [-0.2, -0.15) is 25.3 Å². The molecule has 0 aliphatic rings. The highest BCUT2D eigenvalue weighted by molar-refractivity contribution is 7.80. The topological polar surface area (TPSA) is 171 Å². The van der Waals surface area contributed by atoms with Crippen LogP contribution in [0, 0.1) is 0 Å². The van der Waals surface area contributed by atoms with Crippen molar-refractivity contribution in [1.29, 1.82) is 0 Å². The number of carboxylic acids is 1. The number of aliphatic hydroxyl groups is 1. The van der Waals surface area contributed by atoms with Crippen LogP contribution in [0.3, 0.4) is 0 Å². The maximum absolute atomic E-state index is 12.0. The van der Waals surface area contributed by atoms with E-state index in [1.54, 1.807) is 0 Å². The first-order valence-electron chi connectivity index (χ1n) is 6.89. The number of aliphatic hydroxyl groups excluding tert-OH is 1. The number of carboxylic acid groups (broad SMARTS) is 1. The number of rotatable bonds is 10. The van der Waals surface area contributed by atoms with E-state index in [0.29, 0.717) is 0 Å². The van der Waals surface area contributed by atoms with Crippen molar-refractivity contribution in [3.05, 3.63) is 0 Å². The van der Waals surface area contributed by atoms with E-state index in [2.05, 4.69) is 41.2 Å². The van der Waals surface area contributed by atoms with E-state index < -0.39 is 54.5 Å². The molecule has 10 nitrogen and oxygen atoms in total. The molecule has 3 amide bonds. The Balaban J connectivity index is 4.67. The van der Waals surface area contributed by atoms with Crippen LogP contribution in [0.5, 0.6) is 0 Å². The Hall–Kier alpha value is -1.50. The summed E-state index contributed by atoms with van der Waals surface area (Å²) in [6.45, 7) is 0.780. The fourth-order valence-electron chi connectivity index (χ4n) is 1.46. The molecule has 24 heavy (non-hydrogen) atoms. The molecule has 0 heterocycles. The van der Waals surface area contributed by atoms with Gasteiger partial charge in [0.1, 0.15) is 12.1 Å². The molecule has 0 saturated heterocycles. The van der Waals surface area contributed by atoms with Gasteiger partial charge in [-0.1, -0.05) is 0 Å². The van der Waals surface area contributed by atoms with Crippen LogP contribution in [-0.4, -0.2) is 76.2 Å². The van der Waals surface area contributed by atoms with E-state index in [-0.39, 0.29) is 11.5 Å². The van der Waals surface area contributed by atoms with Gasteiger partial charge in [0.2, 0.25) is 17.7 Å². The molecule has 0 aliphatic heterocycles. The summed E-state index contributed by atoms with van der Waals surface area (Å²) in [5.41, 5.74) is 5.41. The largest absolute Gasteiger partial charge is 0.480 e. The average Bonchev–Trinajstić information content (AvgIpc) is 2.53. The zero-order chi connectivity index (χ0) is 18.9. The van der Waals surface area contributed by atoms with E-state index in [9.17, 15) is 24.3 Å². The van der Waals surface area contributed by atoms with Crippen LogP contribution in [0.25, 0.3) is 0 Å². The maximum Gasteiger partial charge on any atom is 0.327 e. The Bertz CT molecular complexity index is 476. The first-order chi connectivity index (χ1) is 11.1. The number of thiol groups is 2. The Kier molecular flexibility index (Phi) is 10.4. The summed E-state index contributed by atoms with van der Waals surface area (Å²) >= 11 is 7.63. The van der Waals surface area contributed by atoms with Crippen molar-refractivity contribution in [2.24, 2.45) is 5.73 Å². The summed E-state index contributed by atoms with van der Waals surface area (Å²) in [6, 6.07) is -3.55. The standard InChI is InChI=1S/C12H22N4O6S2/c1-5(17)9(11(20)15-7(4-24)12(21)22)16-8(18)2-14-10(19)6(13)3-23/h5-7,9,17,23-24H,2-4,13H2,1H3,(H,14,19)(H,15,20)(H,16,18)(H,21,22). The monoisotopic (exact) mass is 382 g/mol. The number of hydrogen-bond acceptors (Lipinski definition) is 8. The lowest BCUT2D eigenvalue weighted by Crippen LogP contribution is -2.57. The molecule has 0 rings (SSSR count). The van der Waals surface area contributed by atoms with Gasteiger partial charge in [-0.15, -0.1) is 0 Å². The maximum atomic E-state index is 12.0. The normalized spacial score (nSPS) is 15.5. The number of carbonyl (C=O) groups is 4. The number of aliphatic carboxylic acids is 1. The van der Waals surface area contributed by atoms with E-state index in [1.807, 2.05) is 0 Å². The van der Waals surface area contributed by atoms with Crippen molar-refractivity contribution in [3.8, 4) is 0 Å². The van der Waals surface area contributed by atoms with Gasteiger partial charge in [0, 0.05) is 11.5 Å². The molecular formula is C12H22N4O6S2. The average molecular weight is 382 g/mol. The Morgan fingerprint density at radius 3 is 2.08 bits per heavy atom. The zero-order valence-corrected chi connectivity index (χ0v) is 14.7. The summed E-state index contributed by atoms with van der Waals surface area (Å²) in [4.78, 5) is 46.0. The number of nitrogens with two attached hydrogens (primary N) is 1. The quantitative estimate of drug-likeness (QED) is 0.183. The first-order valence-corrected chi connectivity index (χ1v) is 8.16. The number of hydrogen-bond donors (Lipinski definition) is 8. The van der Waals surface area contributed by atoms with Crippen LogP contribution in [0.15, 0.2) is 0 Å². The van der Waals surface area contributed by atoms with Crippen molar-refractivity contribution in [2.45, 2.75) is 31.2 Å². The smallest absolute Gasteiger partial charge is 0.327 e. The minimum Gasteiger partial charge on any atom is -0.480 e. The number of carbonyl (C=O) groups excluding carboxylic acids is 3. The summed E-state index contributed by atoms with van der Waals surface area (Å²) in [5.74, 6) is -3.63. The Labute approximate surface area is 149 Å². The summed E-state index contributed by atoms with van der Waals surface area (Å²) in [5, 5.41) is 25.0. The fraction of sp³-hybridized carbons (Fsp3) is 0.667. The first kappa shape index (κ1) is 22.5. The summed E-state index contributed by atoms with van der Waals surface area (Å²) in [6.07, 6.45) is -1.29. The van der Waals surface area contributed by atoms with E-state index in [4.69, 9.17) is 10.8 Å². The molecule has 0 radical (unpaired) electrons. The second kappa shape index (κ2) is 11.1. The molecule has 0 bridgehead atoms. The van der Waals surface area contributed by atoms with Gasteiger partial charge in [-0.3, -0.25) is 14.4 Å². The third-order valence-electron chi connectivity index (χ3n) is 2.84. The van der Waals surface area contributed by atoms with Gasteiger partial charge in [0.05, 0.1) is 18.7 Å². The van der Waals surface area contributed by atoms with E-state index in [1.165, 1.54) is 6.92 Å². The Morgan fingerprint density at radius 1 is 1.08 bits per heavy atom. The minimum absolute atomic E-state index is 0.0897. The van der Waals surface area contributed by atoms with Crippen molar-refractivity contribution in [2.75, 3.05) is 18.1 Å². The molecule has 0 aromatic carbocycles. The molecule has 0 saturated carbocycles. The van der Waals surface area contributed by atoms with Crippen molar-refractivity contribution in [1.82, 2.24) is 16.0 Å². The highest BCUT2D eigenvalue weighted by Crippen LogP contribution is 1.97. The molecule has 0 aromatic rings. The molecule has 7 N–H and O–H groups in total. The number of amides is 3. The molecule has 12 heteroatoms. The molecule has 0 spiro atoms. The third kappa shape index (κ3) is 7.86. The summed E-state index contributed by atoms with van der Waals surface area (Å²) < 4.78 is 0. The molecule has 4 atom stereocenters. The lowest BCUT2D eigenvalue weighted by atomic mass is 10.1. The van der Waals surface area contributed by atoms with Crippen molar-refractivity contribution < 1.29 is 29.4 Å². The van der Waals surface area contributed by atoms with Crippen LogP contribution in [0.1, 0.15) is 6.92 Å². The molecular weight excluding hydrogens is 360 g/mol. The van der Waals surface area contributed by atoms with Crippen molar-refractivity contribution in [3.63, 3.8) is 0 Å². The van der Waals surface area contributed by atoms with Gasteiger partial charge in [-0.25, -0.2) is 4.79 Å². The summed E-state index contributed by atoms with van der Waals surface area (Å²) in [7, 11) is 0. The highest BCUT2D eigenvalue weighted by atomic mass is 32.1. The Morgan fingerprint density at radius 2 is 1.67 bits per heavy atom. The molecule has 0 fully saturated rings. The van der Waals surface area contributed by atoms with E-state index >= 15 is 0 Å². The lowest BCUT2D eigenvalue weighted by Gasteiger charge is -2.23. The molecule has 138 valence electrons. The van der Waals surface area contributed by atoms with Gasteiger partial charge >= 0.3 is 5.97 Å². The highest BCUT2D eigenvalue weighted by Gasteiger charge is 2.29. The molecule has 0 aromatic heterocycles.